The van der Waals surface area contributed by atoms with E-state index in [1.165, 1.54) is 12.0 Å². The molecule has 0 atom stereocenters. The van der Waals surface area contributed by atoms with Crippen molar-refractivity contribution in [3.05, 3.63) is 53.9 Å². The van der Waals surface area contributed by atoms with Gasteiger partial charge in [-0.1, -0.05) is 64.8 Å². The SMILES string of the molecule is CCCCOc1cc(OCCCC)c(C(C)C)cc1-c1ncoc1-c1ccc(CN2CCOCC2)cc1. The number of unbranched alkanes of at least 4 members (excludes halogenated alkanes) is 2. The van der Waals surface area contributed by atoms with E-state index >= 15 is 0 Å². The maximum atomic E-state index is 6.30. The van der Waals surface area contributed by atoms with Gasteiger partial charge in [-0.15, -0.1) is 0 Å². The van der Waals surface area contributed by atoms with E-state index in [0.29, 0.717) is 19.1 Å². The molecule has 1 aromatic heterocycles. The third kappa shape index (κ3) is 7.14. The molecule has 0 N–H and O–H groups in total. The first-order valence-electron chi connectivity index (χ1n) is 13.9. The highest BCUT2D eigenvalue weighted by atomic mass is 16.5. The summed E-state index contributed by atoms with van der Waals surface area (Å²) in [6.45, 7) is 14.6. The lowest BCUT2D eigenvalue weighted by Gasteiger charge is -2.26. The molecule has 200 valence electrons. The molecule has 37 heavy (non-hydrogen) atoms. The van der Waals surface area contributed by atoms with Crippen LogP contribution in [0.2, 0.25) is 0 Å². The summed E-state index contributed by atoms with van der Waals surface area (Å²) in [5.41, 5.74) is 5.19. The van der Waals surface area contributed by atoms with Crippen LogP contribution in [0.4, 0.5) is 0 Å². The van der Waals surface area contributed by atoms with E-state index in [0.717, 1.165) is 98.2 Å². The summed E-state index contributed by atoms with van der Waals surface area (Å²) in [6, 6.07) is 12.9. The lowest BCUT2D eigenvalue weighted by Crippen LogP contribution is -2.35. The molecule has 0 aliphatic carbocycles. The van der Waals surface area contributed by atoms with E-state index in [4.69, 9.17) is 18.6 Å². The zero-order valence-corrected chi connectivity index (χ0v) is 22.9. The molecule has 1 aliphatic heterocycles. The van der Waals surface area contributed by atoms with E-state index in [1.54, 1.807) is 0 Å². The summed E-state index contributed by atoms with van der Waals surface area (Å²) in [4.78, 5) is 7.09. The van der Waals surface area contributed by atoms with Crippen LogP contribution in [0.5, 0.6) is 11.5 Å². The van der Waals surface area contributed by atoms with Crippen LogP contribution < -0.4 is 9.47 Å². The minimum atomic E-state index is 0.301. The molecule has 2 aromatic carbocycles. The predicted molar refractivity (Wildman–Crippen MR) is 148 cm³/mol. The molecule has 6 heteroatoms. The first kappa shape index (κ1) is 27.2. The fourth-order valence-electron chi connectivity index (χ4n) is 4.53. The van der Waals surface area contributed by atoms with Gasteiger partial charge in [0.05, 0.1) is 26.4 Å². The molecule has 0 unspecified atom stereocenters. The van der Waals surface area contributed by atoms with Crippen molar-refractivity contribution in [2.75, 3.05) is 39.5 Å². The molecule has 6 nitrogen and oxygen atoms in total. The smallest absolute Gasteiger partial charge is 0.182 e. The van der Waals surface area contributed by atoms with Crippen molar-refractivity contribution in [3.63, 3.8) is 0 Å². The fraction of sp³-hybridized carbons (Fsp3) is 0.516. The second kappa shape index (κ2) is 13.6. The first-order valence-corrected chi connectivity index (χ1v) is 13.9. The zero-order valence-electron chi connectivity index (χ0n) is 22.9. The Morgan fingerprint density at radius 2 is 1.59 bits per heavy atom. The van der Waals surface area contributed by atoms with Crippen LogP contribution in [-0.2, 0) is 11.3 Å². The van der Waals surface area contributed by atoms with Gasteiger partial charge in [0.15, 0.2) is 12.2 Å². The third-order valence-electron chi connectivity index (χ3n) is 6.79. The Labute approximate surface area is 221 Å². The van der Waals surface area contributed by atoms with Crippen molar-refractivity contribution in [1.82, 2.24) is 9.88 Å². The average Bonchev–Trinajstić information content (AvgIpc) is 3.40. The van der Waals surface area contributed by atoms with Gasteiger partial charge in [0.2, 0.25) is 0 Å². The Balaban J connectivity index is 1.65. The van der Waals surface area contributed by atoms with Crippen LogP contribution >= 0.6 is 0 Å². The molecular formula is C31H42N2O4. The Bertz CT molecular complexity index is 1100. The van der Waals surface area contributed by atoms with Crippen molar-refractivity contribution >= 4 is 0 Å². The highest BCUT2D eigenvalue weighted by Crippen LogP contribution is 2.42. The quantitative estimate of drug-likeness (QED) is 0.226. The molecule has 1 aliphatic rings. The number of hydrogen-bond acceptors (Lipinski definition) is 6. The van der Waals surface area contributed by atoms with Crippen LogP contribution in [0.1, 0.15) is 70.4 Å². The van der Waals surface area contributed by atoms with E-state index in [9.17, 15) is 0 Å². The van der Waals surface area contributed by atoms with Gasteiger partial charge in [-0.2, -0.15) is 0 Å². The Hall–Kier alpha value is -2.83. The number of benzene rings is 2. The molecular weight excluding hydrogens is 464 g/mol. The molecule has 3 aromatic rings. The summed E-state index contributed by atoms with van der Waals surface area (Å²) >= 11 is 0. The highest BCUT2D eigenvalue weighted by molar-refractivity contribution is 5.81. The standard InChI is InChI=1S/C31H42N2O4/c1-5-7-15-35-28-20-29(36-16-8-6-2)27(19-26(28)23(3)4)30-31(37-22-32-30)25-11-9-24(10-12-25)21-33-13-17-34-18-14-33/h9-12,19-20,22-23H,5-8,13-18,21H2,1-4H3. The molecule has 0 bridgehead atoms. The number of aromatic nitrogens is 1. The van der Waals surface area contributed by atoms with Crippen LogP contribution in [-0.4, -0.2) is 49.4 Å². The molecule has 0 radical (unpaired) electrons. The molecule has 0 amide bonds. The normalized spacial score (nSPS) is 14.3. The van der Waals surface area contributed by atoms with Crippen molar-refractivity contribution in [2.24, 2.45) is 0 Å². The predicted octanol–water partition coefficient (Wildman–Crippen LogP) is 7.32. The number of nitrogens with zero attached hydrogens (tertiary/aromatic N) is 2. The number of oxazole rings is 1. The number of ether oxygens (including phenoxy) is 3. The van der Waals surface area contributed by atoms with Crippen molar-refractivity contribution < 1.29 is 18.6 Å². The van der Waals surface area contributed by atoms with Gasteiger partial charge in [0.1, 0.15) is 17.2 Å². The van der Waals surface area contributed by atoms with Gasteiger partial charge in [0.25, 0.3) is 0 Å². The van der Waals surface area contributed by atoms with Gasteiger partial charge in [-0.05, 0) is 36.0 Å². The highest BCUT2D eigenvalue weighted by Gasteiger charge is 2.22. The zero-order chi connectivity index (χ0) is 26.0. The molecule has 1 saturated heterocycles. The topological polar surface area (TPSA) is 57.0 Å². The van der Waals surface area contributed by atoms with Crippen molar-refractivity contribution in [1.29, 1.82) is 0 Å². The van der Waals surface area contributed by atoms with Gasteiger partial charge in [0, 0.05) is 36.8 Å². The van der Waals surface area contributed by atoms with E-state index < -0.39 is 0 Å². The second-order valence-electron chi connectivity index (χ2n) is 10.1. The van der Waals surface area contributed by atoms with Crippen molar-refractivity contribution in [3.8, 4) is 34.1 Å². The molecule has 0 spiro atoms. The lowest BCUT2D eigenvalue weighted by atomic mass is 9.96. The van der Waals surface area contributed by atoms with Gasteiger partial charge < -0.3 is 18.6 Å². The summed E-state index contributed by atoms with van der Waals surface area (Å²) < 4.78 is 24.0. The number of rotatable bonds is 13. The summed E-state index contributed by atoms with van der Waals surface area (Å²) in [5.74, 6) is 2.75. The molecule has 4 rings (SSSR count). The summed E-state index contributed by atoms with van der Waals surface area (Å²) in [6.07, 6.45) is 5.73. The second-order valence-corrected chi connectivity index (χ2v) is 10.1. The van der Waals surface area contributed by atoms with Gasteiger partial charge in [-0.25, -0.2) is 4.98 Å². The maximum Gasteiger partial charge on any atom is 0.182 e. The van der Waals surface area contributed by atoms with E-state index in [2.05, 4.69) is 74.0 Å². The van der Waals surface area contributed by atoms with Crippen LogP contribution in [0, 0.1) is 0 Å². The van der Waals surface area contributed by atoms with E-state index in [1.807, 2.05) is 0 Å². The maximum absolute atomic E-state index is 6.30. The molecule has 0 saturated carbocycles. The van der Waals surface area contributed by atoms with Crippen LogP contribution in [0.25, 0.3) is 22.6 Å². The van der Waals surface area contributed by atoms with Crippen LogP contribution in [0.3, 0.4) is 0 Å². The van der Waals surface area contributed by atoms with E-state index in [-0.39, 0.29) is 0 Å². The Kier molecular flexibility index (Phi) is 10.0. The minimum Gasteiger partial charge on any atom is -0.493 e. The molecule has 2 heterocycles. The fourth-order valence-corrected chi connectivity index (χ4v) is 4.53. The summed E-state index contributed by atoms with van der Waals surface area (Å²) in [5, 5.41) is 0. The Morgan fingerprint density at radius 3 is 2.24 bits per heavy atom. The van der Waals surface area contributed by atoms with Crippen LogP contribution in [0.15, 0.2) is 47.2 Å². The lowest BCUT2D eigenvalue weighted by molar-refractivity contribution is 0.0342. The first-order chi connectivity index (χ1) is 18.1. The molecule has 1 fully saturated rings. The van der Waals surface area contributed by atoms with Gasteiger partial charge in [-0.3, -0.25) is 4.90 Å². The average molecular weight is 507 g/mol. The van der Waals surface area contributed by atoms with Gasteiger partial charge >= 0.3 is 0 Å². The number of morpholine rings is 1. The third-order valence-corrected chi connectivity index (χ3v) is 6.79. The largest absolute Gasteiger partial charge is 0.493 e. The Morgan fingerprint density at radius 1 is 0.919 bits per heavy atom. The minimum absolute atomic E-state index is 0.301. The number of hydrogen-bond donors (Lipinski definition) is 0. The summed E-state index contributed by atoms with van der Waals surface area (Å²) in [7, 11) is 0. The van der Waals surface area contributed by atoms with Crippen molar-refractivity contribution in [2.45, 2.75) is 65.8 Å². The monoisotopic (exact) mass is 506 g/mol.